The highest BCUT2D eigenvalue weighted by Crippen LogP contribution is 2.38. The second-order valence-electron chi connectivity index (χ2n) is 12.1. The molecule has 0 bridgehead atoms. The van der Waals surface area contributed by atoms with E-state index >= 15 is 0 Å². The molecular formula is C34H54O5. The van der Waals surface area contributed by atoms with Gasteiger partial charge in [-0.2, -0.15) is 0 Å². The SMILES string of the molecule is CC.CCC(C)(CC(C)CC(C)C(=O)OC(C)(C)C1CCC(C)CC1O)C(=O)O.c1ccc2ccccc2c1. The largest absolute Gasteiger partial charge is 0.481 e. The van der Waals surface area contributed by atoms with Crippen LogP contribution in [0.3, 0.4) is 0 Å². The predicted molar refractivity (Wildman–Crippen MR) is 162 cm³/mol. The highest BCUT2D eigenvalue weighted by atomic mass is 16.6. The molecule has 3 rings (SSSR count). The van der Waals surface area contributed by atoms with Crippen LogP contribution in [0.25, 0.3) is 10.8 Å². The number of hydrogen-bond donors (Lipinski definition) is 2. The standard InChI is InChI=1S/C22H40O5.C10H8.C2H6/c1-8-22(7,20(25)26)13-15(3)11-16(4)19(24)27-21(5,6)17-10-9-14(2)12-18(17)23;1-2-6-10-8-4-3-7-9(10)5-1;1-2/h14-18,23H,8-13H2,1-7H3,(H,25,26);1-8H;1-2H3. The van der Waals surface area contributed by atoms with E-state index in [9.17, 15) is 19.8 Å². The number of rotatable bonds is 9. The Bertz CT molecular complexity index is 950. The first-order chi connectivity index (χ1) is 18.3. The molecule has 0 heterocycles. The van der Waals surface area contributed by atoms with Crippen LogP contribution < -0.4 is 0 Å². The summed E-state index contributed by atoms with van der Waals surface area (Å²) in [7, 11) is 0. The molecule has 0 amide bonds. The summed E-state index contributed by atoms with van der Waals surface area (Å²) in [5.41, 5.74) is -1.46. The number of fused-ring (bicyclic) bond motifs is 1. The molecule has 1 aliphatic rings. The molecule has 5 nitrogen and oxygen atoms in total. The lowest BCUT2D eigenvalue weighted by atomic mass is 9.73. The van der Waals surface area contributed by atoms with Crippen LogP contribution in [0.4, 0.5) is 0 Å². The van der Waals surface area contributed by atoms with Crippen LogP contribution in [0.1, 0.15) is 101 Å². The molecule has 0 radical (unpaired) electrons. The van der Waals surface area contributed by atoms with Crippen molar-refractivity contribution in [2.24, 2.45) is 29.1 Å². The van der Waals surface area contributed by atoms with Gasteiger partial charge in [-0.25, -0.2) is 0 Å². The van der Waals surface area contributed by atoms with E-state index in [1.54, 1.807) is 6.92 Å². The fourth-order valence-corrected chi connectivity index (χ4v) is 5.67. The molecular weight excluding hydrogens is 488 g/mol. The Kier molecular flexibility index (Phi) is 14.2. The molecule has 0 aliphatic heterocycles. The van der Waals surface area contributed by atoms with E-state index in [0.29, 0.717) is 25.2 Å². The summed E-state index contributed by atoms with van der Waals surface area (Å²) in [6, 6.07) is 16.7. The number of carboxylic acids is 1. The normalized spacial score (nSPS) is 22.2. The number of carbonyl (C=O) groups excluding carboxylic acids is 1. The van der Waals surface area contributed by atoms with Gasteiger partial charge in [0.2, 0.25) is 0 Å². The van der Waals surface area contributed by atoms with E-state index in [-0.39, 0.29) is 23.7 Å². The molecule has 0 spiro atoms. The minimum absolute atomic E-state index is 0.0438. The van der Waals surface area contributed by atoms with E-state index in [1.807, 2.05) is 48.5 Å². The zero-order valence-electron chi connectivity index (χ0n) is 25.9. The number of hydrogen-bond acceptors (Lipinski definition) is 4. The first kappa shape index (κ1) is 34.6. The van der Waals surface area contributed by atoms with Crippen molar-refractivity contribution < 1.29 is 24.5 Å². The number of carboxylic acid groups (broad SMARTS) is 1. The van der Waals surface area contributed by atoms with Gasteiger partial charge < -0.3 is 14.9 Å². The summed E-state index contributed by atoms with van der Waals surface area (Å²) in [6.07, 6.45) is 3.92. The number of benzene rings is 2. The minimum Gasteiger partial charge on any atom is -0.481 e. The van der Waals surface area contributed by atoms with Crippen LogP contribution in [-0.4, -0.2) is 33.9 Å². The maximum Gasteiger partial charge on any atom is 0.309 e. The number of aliphatic hydroxyl groups excluding tert-OH is 1. The van der Waals surface area contributed by atoms with Gasteiger partial charge in [-0.15, -0.1) is 0 Å². The van der Waals surface area contributed by atoms with Gasteiger partial charge in [0.25, 0.3) is 0 Å². The molecule has 2 aromatic carbocycles. The summed E-state index contributed by atoms with van der Waals surface area (Å²) in [5.74, 6) is -0.770. The molecule has 0 aromatic heterocycles. The molecule has 6 atom stereocenters. The third kappa shape index (κ3) is 10.6. The van der Waals surface area contributed by atoms with Crippen LogP contribution in [0.15, 0.2) is 48.5 Å². The third-order valence-electron chi connectivity index (χ3n) is 8.25. The fourth-order valence-electron chi connectivity index (χ4n) is 5.67. The zero-order chi connectivity index (χ0) is 29.8. The highest BCUT2D eigenvalue weighted by molar-refractivity contribution is 5.82. The van der Waals surface area contributed by atoms with Gasteiger partial charge in [0.05, 0.1) is 17.4 Å². The van der Waals surface area contributed by atoms with Crippen LogP contribution in [0.5, 0.6) is 0 Å². The van der Waals surface area contributed by atoms with E-state index in [4.69, 9.17) is 4.74 Å². The van der Waals surface area contributed by atoms with E-state index in [1.165, 1.54) is 10.8 Å². The van der Waals surface area contributed by atoms with Crippen molar-refractivity contribution in [3.05, 3.63) is 48.5 Å². The maximum atomic E-state index is 12.7. The van der Waals surface area contributed by atoms with Crippen LogP contribution >= 0.6 is 0 Å². The lowest BCUT2D eigenvalue weighted by Crippen LogP contribution is -2.46. The van der Waals surface area contributed by atoms with Gasteiger partial charge in [-0.3, -0.25) is 9.59 Å². The molecule has 0 saturated heterocycles. The fraction of sp³-hybridized carbons (Fsp3) is 0.647. The van der Waals surface area contributed by atoms with Crippen molar-refractivity contribution in [3.63, 3.8) is 0 Å². The third-order valence-corrected chi connectivity index (χ3v) is 8.25. The summed E-state index contributed by atoms with van der Waals surface area (Å²) < 4.78 is 5.83. The van der Waals surface area contributed by atoms with Crippen molar-refractivity contribution in [1.29, 1.82) is 0 Å². The van der Waals surface area contributed by atoms with Crippen LogP contribution in [0.2, 0.25) is 0 Å². The molecule has 220 valence electrons. The molecule has 1 fully saturated rings. The van der Waals surface area contributed by atoms with Crippen molar-refractivity contribution in [2.75, 3.05) is 0 Å². The Balaban J connectivity index is 0.000000518. The first-order valence-corrected chi connectivity index (χ1v) is 14.9. The Morgan fingerprint density at radius 3 is 1.87 bits per heavy atom. The van der Waals surface area contributed by atoms with E-state index in [0.717, 1.165) is 19.3 Å². The molecule has 39 heavy (non-hydrogen) atoms. The summed E-state index contributed by atoms with van der Waals surface area (Å²) in [5, 5.41) is 22.5. The number of aliphatic hydroxyl groups is 1. The first-order valence-electron chi connectivity index (χ1n) is 14.9. The number of esters is 1. The summed E-state index contributed by atoms with van der Waals surface area (Å²) >= 11 is 0. The molecule has 1 aliphatic carbocycles. The van der Waals surface area contributed by atoms with Gasteiger partial charge >= 0.3 is 11.9 Å². The number of aliphatic carboxylic acids is 1. The molecule has 6 unspecified atom stereocenters. The van der Waals surface area contributed by atoms with Gasteiger partial charge in [0, 0.05) is 5.92 Å². The predicted octanol–water partition coefficient (Wildman–Crippen LogP) is 8.52. The van der Waals surface area contributed by atoms with E-state index < -0.39 is 23.1 Å². The van der Waals surface area contributed by atoms with Crippen molar-refractivity contribution in [2.45, 2.75) is 113 Å². The van der Waals surface area contributed by atoms with Gasteiger partial charge in [0.1, 0.15) is 5.60 Å². The van der Waals surface area contributed by atoms with Crippen molar-refractivity contribution in [1.82, 2.24) is 0 Å². The van der Waals surface area contributed by atoms with Crippen molar-refractivity contribution in [3.8, 4) is 0 Å². The highest BCUT2D eigenvalue weighted by Gasteiger charge is 2.42. The monoisotopic (exact) mass is 542 g/mol. The Morgan fingerprint density at radius 1 is 0.974 bits per heavy atom. The van der Waals surface area contributed by atoms with Crippen LogP contribution in [0, 0.1) is 29.1 Å². The second-order valence-corrected chi connectivity index (χ2v) is 12.1. The number of carbonyl (C=O) groups is 2. The topological polar surface area (TPSA) is 83.8 Å². The molecule has 1 saturated carbocycles. The molecule has 5 heteroatoms. The smallest absolute Gasteiger partial charge is 0.309 e. The lowest BCUT2D eigenvalue weighted by Gasteiger charge is -2.41. The maximum absolute atomic E-state index is 12.7. The zero-order valence-corrected chi connectivity index (χ0v) is 25.9. The van der Waals surface area contributed by atoms with Crippen LogP contribution in [-0.2, 0) is 14.3 Å². The lowest BCUT2D eigenvalue weighted by molar-refractivity contribution is -0.174. The minimum atomic E-state index is -0.784. The average Bonchev–Trinajstić information content (AvgIpc) is 2.89. The van der Waals surface area contributed by atoms with Crippen molar-refractivity contribution >= 4 is 22.7 Å². The summed E-state index contributed by atoms with van der Waals surface area (Å²) in [6.45, 7) is 17.4. The summed E-state index contributed by atoms with van der Waals surface area (Å²) in [4.78, 5) is 24.2. The van der Waals surface area contributed by atoms with E-state index in [2.05, 4.69) is 55.5 Å². The Morgan fingerprint density at radius 2 is 1.46 bits per heavy atom. The molecule has 2 N–H and O–H groups in total. The molecule has 2 aromatic rings. The van der Waals surface area contributed by atoms with Gasteiger partial charge in [-0.1, -0.05) is 96.5 Å². The Labute approximate surface area is 237 Å². The van der Waals surface area contributed by atoms with Gasteiger partial charge in [0.15, 0.2) is 0 Å². The number of ether oxygens (including phenoxy) is 1. The second kappa shape index (κ2) is 16.0. The Hall–Kier alpha value is -2.40. The average molecular weight is 543 g/mol. The quantitative estimate of drug-likeness (QED) is 0.310. The van der Waals surface area contributed by atoms with Gasteiger partial charge in [-0.05, 0) is 75.5 Å².